The second-order valence-corrected chi connectivity index (χ2v) is 6.33. The van der Waals surface area contributed by atoms with E-state index in [4.69, 9.17) is 4.74 Å². The maximum absolute atomic E-state index is 10.3. The Morgan fingerprint density at radius 2 is 1.86 bits per heavy atom. The van der Waals surface area contributed by atoms with Gasteiger partial charge in [-0.1, -0.05) is 24.1 Å². The zero-order valence-corrected chi connectivity index (χ0v) is 13.5. The van der Waals surface area contributed by atoms with Gasteiger partial charge in [0.2, 0.25) is 0 Å². The Kier molecular flexibility index (Phi) is 6.52. The van der Waals surface area contributed by atoms with E-state index in [-0.39, 0.29) is 6.10 Å². The number of rotatable bonds is 7. The van der Waals surface area contributed by atoms with Crippen molar-refractivity contribution in [1.29, 1.82) is 0 Å². The highest BCUT2D eigenvalue weighted by Crippen LogP contribution is 2.15. The molecule has 21 heavy (non-hydrogen) atoms. The quantitative estimate of drug-likeness (QED) is 0.806. The van der Waals surface area contributed by atoms with Gasteiger partial charge in [0.1, 0.15) is 25.0 Å². The van der Waals surface area contributed by atoms with E-state index in [1.165, 1.54) is 42.6 Å². The van der Waals surface area contributed by atoms with Crippen LogP contribution in [0.2, 0.25) is 0 Å². The zero-order valence-electron chi connectivity index (χ0n) is 13.5. The summed E-state index contributed by atoms with van der Waals surface area (Å²) in [5.74, 6) is 0.843. The summed E-state index contributed by atoms with van der Waals surface area (Å²) in [6.45, 7) is 6.56. The highest BCUT2D eigenvalue weighted by molar-refractivity contribution is 5.26. The molecule has 1 aromatic carbocycles. The molecule has 2 rings (SSSR count). The summed E-state index contributed by atoms with van der Waals surface area (Å²) in [5, 5.41) is 10.3. The lowest BCUT2D eigenvalue weighted by molar-refractivity contribution is -0.928. The molecule has 0 heterocycles. The van der Waals surface area contributed by atoms with E-state index in [0.29, 0.717) is 6.61 Å². The van der Waals surface area contributed by atoms with Gasteiger partial charge in [0.15, 0.2) is 0 Å². The van der Waals surface area contributed by atoms with Crippen LogP contribution in [-0.4, -0.2) is 36.9 Å². The van der Waals surface area contributed by atoms with Gasteiger partial charge in [0.05, 0.1) is 12.6 Å². The van der Waals surface area contributed by atoms with E-state index in [0.717, 1.165) is 24.9 Å². The number of likely N-dealkylation sites (N-methyl/N-ethyl adjacent to an activating group) is 1. The van der Waals surface area contributed by atoms with Gasteiger partial charge >= 0.3 is 0 Å². The third-order valence-electron chi connectivity index (χ3n) is 4.60. The SMILES string of the molecule is CC[NH+](C[C@@H](O)COc1ccc(C)cc1)C1CCCCC1. The van der Waals surface area contributed by atoms with Crippen molar-refractivity contribution in [3.8, 4) is 5.75 Å². The molecule has 0 aromatic heterocycles. The molecule has 118 valence electrons. The number of benzene rings is 1. The molecule has 3 nitrogen and oxygen atoms in total. The Hall–Kier alpha value is -1.06. The van der Waals surface area contributed by atoms with Crippen molar-refractivity contribution in [3.05, 3.63) is 29.8 Å². The lowest BCUT2D eigenvalue weighted by atomic mass is 9.94. The number of aliphatic hydroxyl groups excluding tert-OH is 1. The number of nitrogens with one attached hydrogen (secondary N) is 1. The van der Waals surface area contributed by atoms with Crippen LogP contribution < -0.4 is 9.64 Å². The summed E-state index contributed by atoms with van der Waals surface area (Å²) < 4.78 is 5.69. The first-order valence-corrected chi connectivity index (χ1v) is 8.41. The molecule has 0 spiro atoms. The Morgan fingerprint density at radius 1 is 1.19 bits per heavy atom. The van der Waals surface area contributed by atoms with Crippen LogP contribution in [0.15, 0.2) is 24.3 Å². The Balaban J connectivity index is 1.76. The highest BCUT2D eigenvalue weighted by Gasteiger charge is 2.25. The summed E-state index contributed by atoms with van der Waals surface area (Å²) >= 11 is 0. The normalized spacial score (nSPS) is 19.2. The topological polar surface area (TPSA) is 33.9 Å². The summed E-state index contributed by atoms with van der Waals surface area (Å²) in [6, 6.07) is 8.74. The number of ether oxygens (including phenoxy) is 1. The van der Waals surface area contributed by atoms with E-state index in [9.17, 15) is 5.11 Å². The molecule has 3 heteroatoms. The minimum Gasteiger partial charge on any atom is -0.491 e. The number of aliphatic hydroxyl groups is 1. The smallest absolute Gasteiger partial charge is 0.137 e. The molecule has 1 aliphatic carbocycles. The number of aryl methyl sites for hydroxylation is 1. The van der Waals surface area contributed by atoms with E-state index >= 15 is 0 Å². The minimum absolute atomic E-state index is 0.386. The molecule has 1 fully saturated rings. The van der Waals surface area contributed by atoms with Crippen molar-refractivity contribution in [2.75, 3.05) is 19.7 Å². The first-order chi connectivity index (χ1) is 10.2. The molecule has 0 saturated heterocycles. The van der Waals surface area contributed by atoms with E-state index < -0.39 is 0 Å². The van der Waals surface area contributed by atoms with Gasteiger partial charge < -0.3 is 14.7 Å². The summed E-state index contributed by atoms with van der Waals surface area (Å²) in [5.41, 5.74) is 1.22. The lowest BCUT2D eigenvalue weighted by Crippen LogP contribution is -3.16. The van der Waals surface area contributed by atoms with Crippen molar-refractivity contribution < 1.29 is 14.7 Å². The Morgan fingerprint density at radius 3 is 2.48 bits per heavy atom. The second kappa shape index (κ2) is 8.40. The zero-order chi connectivity index (χ0) is 15.1. The molecule has 0 bridgehead atoms. The first kappa shape index (κ1) is 16.3. The monoisotopic (exact) mass is 292 g/mol. The van der Waals surface area contributed by atoms with Crippen LogP contribution in [0, 0.1) is 6.92 Å². The number of hydrogen-bond acceptors (Lipinski definition) is 2. The fourth-order valence-electron chi connectivity index (χ4n) is 3.30. The average molecular weight is 292 g/mol. The molecule has 0 radical (unpaired) electrons. The standard InChI is InChI=1S/C18H29NO2/c1-3-19(16-7-5-4-6-8-16)13-17(20)14-21-18-11-9-15(2)10-12-18/h9-12,16-17,20H,3-8,13-14H2,1-2H3/p+1/t17-/m1/s1. The van der Waals surface area contributed by atoms with Gasteiger partial charge in [-0.25, -0.2) is 0 Å². The highest BCUT2D eigenvalue weighted by atomic mass is 16.5. The molecule has 1 aromatic rings. The van der Waals surface area contributed by atoms with Crippen LogP contribution in [0.25, 0.3) is 0 Å². The van der Waals surface area contributed by atoms with Gasteiger partial charge in [0, 0.05) is 0 Å². The van der Waals surface area contributed by atoms with Crippen LogP contribution in [0.3, 0.4) is 0 Å². The summed E-state index contributed by atoms with van der Waals surface area (Å²) in [4.78, 5) is 1.54. The predicted octanol–water partition coefficient (Wildman–Crippen LogP) is 1.97. The minimum atomic E-state index is -0.386. The van der Waals surface area contributed by atoms with Crippen LogP contribution in [-0.2, 0) is 0 Å². The summed E-state index contributed by atoms with van der Waals surface area (Å²) in [7, 11) is 0. The average Bonchev–Trinajstić information content (AvgIpc) is 2.53. The van der Waals surface area contributed by atoms with Crippen LogP contribution in [0.5, 0.6) is 5.75 Å². The van der Waals surface area contributed by atoms with Gasteiger partial charge in [0.25, 0.3) is 0 Å². The Bertz CT molecular complexity index is 398. The van der Waals surface area contributed by atoms with Gasteiger partial charge in [-0.15, -0.1) is 0 Å². The number of quaternary nitrogens is 1. The van der Waals surface area contributed by atoms with Gasteiger partial charge in [-0.05, 0) is 51.7 Å². The van der Waals surface area contributed by atoms with Crippen molar-refractivity contribution in [1.82, 2.24) is 0 Å². The van der Waals surface area contributed by atoms with Crippen LogP contribution >= 0.6 is 0 Å². The van der Waals surface area contributed by atoms with Crippen LogP contribution in [0.4, 0.5) is 0 Å². The molecule has 2 N–H and O–H groups in total. The van der Waals surface area contributed by atoms with E-state index in [1.807, 2.05) is 24.3 Å². The van der Waals surface area contributed by atoms with E-state index in [1.54, 1.807) is 0 Å². The van der Waals surface area contributed by atoms with Gasteiger partial charge in [-0.2, -0.15) is 0 Å². The molecule has 0 amide bonds. The molecule has 1 aliphatic rings. The predicted molar refractivity (Wildman–Crippen MR) is 85.9 cm³/mol. The molecular formula is C18H30NO2+. The first-order valence-electron chi connectivity index (χ1n) is 8.41. The molecule has 0 aliphatic heterocycles. The molecule has 1 saturated carbocycles. The van der Waals surface area contributed by atoms with Crippen molar-refractivity contribution in [2.45, 2.75) is 58.1 Å². The van der Waals surface area contributed by atoms with Gasteiger partial charge in [-0.3, -0.25) is 0 Å². The summed E-state index contributed by atoms with van der Waals surface area (Å²) in [6.07, 6.45) is 6.33. The molecule has 2 atom stereocenters. The molecule has 1 unspecified atom stereocenters. The van der Waals surface area contributed by atoms with E-state index in [2.05, 4.69) is 13.8 Å². The fraction of sp³-hybridized carbons (Fsp3) is 0.667. The third kappa shape index (κ3) is 5.33. The van der Waals surface area contributed by atoms with Crippen molar-refractivity contribution in [2.24, 2.45) is 0 Å². The lowest BCUT2D eigenvalue weighted by Gasteiger charge is -2.31. The van der Waals surface area contributed by atoms with Crippen molar-refractivity contribution >= 4 is 0 Å². The number of hydrogen-bond donors (Lipinski definition) is 2. The van der Waals surface area contributed by atoms with Crippen molar-refractivity contribution in [3.63, 3.8) is 0 Å². The Labute approximate surface area is 128 Å². The van der Waals surface area contributed by atoms with Crippen LogP contribution in [0.1, 0.15) is 44.6 Å². The maximum Gasteiger partial charge on any atom is 0.137 e. The fourth-order valence-corrected chi connectivity index (χ4v) is 3.30. The maximum atomic E-state index is 10.3. The largest absolute Gasteiger partial charge is 0.491 e. The second-order valence-electron chi connectivity index (χ2n) is 6.33. The third-order valence-corrected chi connectivity index (χ3v) is 4.60. The molecular weight excluding hydrogens is 262 g/mol.